The monoisotopic (exact) mass is 324 g/mol. The molecule has 3 N–H and O–H groups in total. The van der Waals surface area contributed by atoms with E-state index in [0.29, 0.717) is 0 Å². The molecule has 18 heavy (non-hydrogen) atoms. The van der Waals surface area contributed by atoms with Gasteiger partial charge in [0.1, 0.15) is 0 Å². The number of halogens is 1. The first-order valence-corrected chi connectivity index (χ1v) is 7.80. The second kappa shape index (κ2) is 5.93. The molecule has 0 amide bonds. The summed E-state index contributed by atoms with van der Waals surface area (Å²) in [6.45, 7) is 2.19. The summed E-state index contributed by atoms with van der Waals surface area (Å²) in [7, 11) is 0. The number of amidine groups is 1. The van der Waals surface area contributed by atoms with Crippen LogP contribution in [0, 0.1) is 5.41 Å². The Hall–Kier alpha value is -0.740. The molecule has 0 saturated heterocycles. The Balaban J connectivity index is 2.35. The number of rotatable bonds is 2. The Bertz CT molecular complexity index is 509. The van der Waals surface area contributed by atoms with Crippen LogP contribution >= 0.6 is 27.7 Å². The molecule has 1 aromatic rings. The first-order valence-electron chi connectivity index (χ1n) is 6.02. The van der Waals surface area contributed by atoms with E-state index >= 15 is 0 Å². The van der Waals surface area contributed by atoms with Gasteiger partial charge in [0.15, 0.2) is 5.17 Å². The van der Waals surface area contributed by atoms with Crippen LogP contribution < -0.4 is 5.73 Å². The number of nitrogens with two attached hydrogens (primary N) is 1. The lowest BCUT2D eigenvalue weighted by Crippen LogP contribution is -2.06. The normalized spacial score (nSPS) is 15.2. The predicted molar refractivity (Wildman–Crippen MR) is 84.0 cm³/mol. The Morgan fingerprint density at radius 1 is 1.44 bits per heavy atom. The predicted octanol–water partition coefficient (Wildman–Crippen LogP) is 4.19. The van der Waals surface area contributed by atoms with Crippen molar-refractivity contribution in [1.29, 1.82) is 5.41 Å². The number of fused-ring (bicyclic) bond motifs is 1. The molecule has 1 aliphatic rings. The maximum Gasteiger partial charge on any atom is 0.151 e. The molecule has 0 radical (unpaired) electrons. The maximum atomic E-state index is 7.32. The smallest absolute Gasteiger partial charge is 0.151 e. The van der Waals surface area contributed by atoms with E-state index in [2.05, 4.69) is 41.1 Å². The second-order valence-electron chi connectivity index (χ2n) is 4.54. The molecule has 0 aromatic heterocycles. The second-order valence-corrected chi connectivity index (χ2v) is 6.47. The zero-order valence-electron chi connectivity index (χ0n) is 10.4. The van der Waals surface area contributed by atoms with E-state index in [1.807, 2.05) is 0 Å². The summed E-state index contributed by atoms with van der Waals surface area (Å²) < 4.78 is 1.13. The molecule has 2 rings (SSSR count). The Morgan fingerprint density at radius 3 is 2.94 bits per heavy atom. The standard InChI is InChI=1S/C14H17BrN2S/c1-9-11(8-18-14(16)17)4-2-3-10-5-6-12(15)7-13(9)10/h5-7H,2-4,8H2,1H3,(H3,16,17). The maximum absolute atomic E-state index is 7.32. The molecule has 1 aromatic carbocycles. The van der Waals surface area contributed by atoms with Crippen molar-refractivity contribution in [1.82, 2.24) is 0 Å². The van der Waals surface area contributed by atoms with Crippen molar-refractivity contribution in [3.05, 3.63) is 39.4 Å². The van der Waals surface area contributed by atoms with Gasteiger partial charge in [0.05, 0.1) is 0 Å². The minimum atomic E-state index is 0.203. The highest BCUT2D eigenvalue weighted by Gasteiger charge is 2.14. The summed E-state index contributed by atoms with van der Waals surface area (Å²) >= 11 is 4.96. The average Bonchev–Trinajstić information content (AvgIpc) is 2.47. The minimum absolute atomic E-state index is 0.203. The highest BCUT2D eigenvalue weighted by atomic mass is 79.9. The molecule has 0 atom stereocenters. The van der Waals surface area contributed by atoms with E-state index in [4.69, 9.17) is 11.1 Å². The van der Waals surface area contributed by atoms with Crippen molar-refractivity contribution in [3.63, 3.8) is 0 Å². The van der Waals surface area contributed by atoms with Gasteiger partial charge in [-0.05, 0) is 55.0 Å². The van der Waals surface area contributed by atoms with Crippen LogP contribution in [-0.2, 0) is 6.42 Å². The minimum Gasteiger partial charge on any atom is -0.379 e. The molecular weight excluding hydrogens is 308 g/mol. The van der Waals surface area contributed by atoms with E-state index in [9.17, 15) is 0 Å². The van der Waals surface area contributed by atoms with Gasteiger partial charge in [0.2, 0.25) is 0 Å². The molecule has 4 heteroatoms. The van der Waals surface area contributed by atoms with Crippen LogP contribution in [0.25, 0.3) is 5.57 Å². The van der Waals surface area contributed by atoms with E-state index in [-0.39, 0.29) is 5.17 Å². The van der Waals surface area contributed by atoms with E-state index in [0.717, 1.165) is 23.1 Å². The molecular formula is C14H17BrN2S. The summed E-state index contributed by atoms with van der Waals surface area (Å²) in [4.78, 5) is 0. The largest absolute Gasteiger partial charge is 0.379 e. The van der Waals surface area contributed by atoms with Crippen molar-refractivity contribution in [3.8, 4) is 0 Å². The van der Waals surface area contributed by atoms with Gasteiger partial charge in [-0.3, -0.25) is 5.41 Å². The zero-order valence-corrected chi connectivity index (χ0v) is 12.8. The molecule has 96 valence electrons. The topological polar surface area (TPSA) is 49.9 Å². The molecule has 0 spiro atoms. The third kappa shape index (κ3) is 3.18. The van der Waals surface area contributed by atoms with Crippen molar-refractivity contribution >= 4 is 38.4 Å². The van der Waals surface area contributed by atoms with E-state index < -0.39 is 0 Å². The Labute approximate surface area is 121 Å². The number of hydrogen-bond donors (Lipinski definition) is 2. The van der Waals surface area contributed by atoms with Crippen LogP contribution in [0.1, 0.15) is 30.9 Å². The van der Waals surface area contributed by atoms with Crippen LogP contribution in [0.4, 0.5) is 0 Å². The molecule has 0 heterocycles. The lowest BCUT2D eigenvalue weighted by atomic mass is 9.99. The van der Waals surface area contributed by atoms with Gasteiger partial charge in [0.25, 0.3) is 0 Å². The Kier molecular flexibility index (Phi) is 4.51. The molecule has 0 bridgehead atoms. The quantitative estimate of drug-likeness (QED) is 0.633. The number of allylic oxidation sites excluding steroid dienone is 1. The molecule has 1 aliphatic carbocycles. The van der Waals surface area contributed by atoms with Crippen molar-refractivity contribution < 1.29 is 0 Å². The molecule has 2 nitrogen and oxygen atoms in total. The van der Waals surface area contributed by atoms with Gasteiger partial charge in [0, 0.05) is 10.2 Å². The summed E-state index contributed by atoms with van der Waals surface area (Å²) in [6, 6.07) is 6.53. The molecule has 0 fully saturated rings. The third-order valence-corrected chi connectivity index (χ3v) is 4.63. The lowest BCUT2D eigenvalue weighted by molar-refractivity contribution is 0.825. The van der Waals surface area contributed by atoms with Crippen molar-refractivity contribution in [2.45, 2.75) is 26.2 Å². The summed E-state index contributed by atoms with van der Waals surface area (Å²) in [5, 5.41) is 7.53. The first kappa shape index (κ1) is 13.7. The highest BCUT2D eigenvalue weighted by molar-refractivity contribution is 9.10. The fraction of sp³-hybridized carbons (Fsp3) is 0.357. The summed E-state index contributed by atoms with van der Waals surface area (Å²) in [5.74, 6) is 0.840. The van der Waals surface area contributed by atoms with Crippen LogP contribution in [0.2, 0.25) is 0 Å². The third-order valence-electron chi connectivity index (χ3n) is 3.33. The van der Waals surface area contributed by atoms with Crippen LogP contribution in [0.5, 0.6) is 0 Å². The number of benzene rings is 1. The highest BCUT2D eigenvalue weighted by Crippen LogP contribution is 2.33. The van der Waals surface area contributed by atoms with Gasteiger partial charge in [-0.15, -0.1) is 0 Å². The average molecular weight is 325 g/mol. The summed E-state index contributed by atoms with van der Waals surface area (Å²) in [6.07, 6.45) is 3.42. The van der Waals surface area contributed by atoms with Crippen molar-refractivity contribution in [2.75, 3.05) is 5.75 Å². The number of thioether (sulfide) groups is 1. The molecule has 0 unspecified atom stereocenters. The van der Waals surface area contributed by atoms with Gasteiger partial charge >= 0.3 is 0 Å². The van der Waals surface area contributed by atoms with Gasteiger partial charge < -0.3 is 5.73 Å². The number of aryl methyl sites for hydroxylation is 1. The number of nitrogens with one attached hydrogen (secondary N) is 1. The fourth-order valence-corrected chi connectivity index (χ4v) is 3.38. The Morgan fingerprint density at radius 2 is 2.22 bits per heavy atom. The van der Waals surface area contributed by atoms with Gasteiger partial charge in [-0.2, -0.15) is 0 Å². The SMILES string of the molecule is CC1=C(CSC(=N)N)CCCc2ccc(Br)cc21. The lowest BCUT2D eigenvalue weighted by Gasteiger charge is -2.11. The zero-order chi connectivity index (χ0) is 13.1. The molecule has 0 aliphatic heterocycles. The molecule has 0 saturated carbocycles. The first-order chi connectivity index (χ1) is 8.58. The van der Waals surface area contributed by atoms with Crippen LogP contribution in [-0.4, -0.2) is 10.9 Å². The van der Waals surface area contributed by atoms with Crippen LogP contribution in [0.3, 0.4) is 0 Å². The van der Waals surface area contributed by atoms with E-state index in [1.165, 1.54) is 40.5 Å². The van der Waals surface area contributed by atoms with Crippen LogP contribution in [0.15, 0.2) is 28.2 Å². The van der Waals surface area contributed by atoms with Gasteiger partial charge in [-0.25, -0.2) is 0 Å². The summed E-state index contributed by atoms with van der Waals surface area (Å²) in [5.41, 5.74) is 11.0. The van der Waals surface area contributed by atoms with E-state index in [1.54, 1.807) is 0 Å². The number of hydrogen-bond acceptors (Lipinski definition) is 2. The fourth-order valence-electron chi connectivity index (χ4n) is 2.33. The van der Waals surface area contributed by atoms with Gasteiger partial charge in [-0.1, -0.05) is 39.3 Å². The van der Waals surface area contributed by atoms with Crippen molar-refractivity contribution in [2.24, 2.45) is 5.73 Å².